The maximum atomic E-state index is 13.4. The van der Waals surface area contributed by atoms with Crippen LogP contribution in [0.25, 0.3) is 0 Å². The summed E-state index contributed by atoms with van der Waals surface area (Å²) in [7, 11) is 0. The van der Waals surface area contributed by atoms with Crippen LogP contribution in [0, 0.1) is 5.82 Å². The number of hydrogen-bond donors (Lipinski definition) is 3. The highest BCUT2D eigenvalue weighted by Crippen LogP contribution is 2.15. The molecule has 0 aliphatic carbocycles. The van der Waals surface area contributed by atoms with Crippen LogP contribution in [-0.4, -0.2) is 22.7 Å². The standard InChI is InChI=1S/C14H14FN3O2/c15-12-6-2-1-5-11(12)13(19)9-17-14(20)18-10-4-3-7-16-8-10/h1-8,13,19H,9H2,(H2,17,18,20). The fourth-order valence-corrected chi connectivity index (χ4v) is 1.66. The van der Waals surface area contributed by atoms with E-state index in [4.69, 9.17) is 0 Å². The van der Waals surface area contributed by atoms with Crippen molar-refractivity contribution in [3.8, 4) is 0 Å². The minimum Gasteiger partial charge on any atom is -0.386 e. The van der Waals surface area contributed by atoms with Crippen LogP contribution < -0.4 is 10.6 Å². The summed E-state index contributed by atoms with van der Waals surface area (Å²) in [6.45, 7) is -0.0902. The molecule has 0 saturated carbocycles. The Balaban J connectivity index is 1.86. The van der Waals surface area contributed by atoms with Crippen molar-refractivity contribution in [3.63, 3.8) is 0 Å². The summed E-state index contributed by atoms with van der Waals surface area (Å²) in [4.78, 5) is 15.4. The van der Waals surface area contributed by atoms with E-state index >= 15 is 0 Å². The van der Waals surface area contributed by atoms with Gasteiger partial charge in [0.1, 0.15) is 5.82 Å². The maximum absolute atomic E-state index is 13.4. The van der Waals surface area contributed by atoms with Crippen molar-refractivity contribution in [1.82, 2.24) is 10.3 Å². The summed E-state index contributed by atoms with van der Waals surface area (Å²) < 4.78 is 13.4. The van der Waals surface area contributed by atoms with Gasteiger partial charge in [0, 0.05) is 18.3 Å². The minimum absolute atomic E-state index is 0.0902. The first-order valence-corrected chi connectivity index (χ1v) is 6.04. The lowest BCUT2D eigenvalue weighted by molar-refractivity contribution is 0.170. The summed E-state index contributed by atoms with van der Waals surface area (Å²) in [6.07, 6.45) is 1.98. The number of rotatable bonds is 4. The van der Waals surface area contributed by atoms with E-state index in [1.54, 1.807) is 24.4 Å². The molecule has 104 valence electrons. The fraction of sp³-hybridized carbons (Fsp3) is 0.143. The second-order valence-electron chi connectivity index (χ2n) is 4.11. The molecule has 2 aromatic rings. The molecule has 0 radical (unpaired) electrons. The van der Waals surface area contributed by atoms with Crippen molar-refractivity contribution < 1.29 is 14.3 Å². The predicted molar refractivity (Wildman–Crippen MR) is 72.6 cm³/mol. The van der Waals surface area contributed by atoms with E-state index in [-0.39, 0.29) is 12.1 Å². The molecule has 1 aromatic carbocycles. The van der Waals surface area contributed by atoms with Crippen molar-refractivity contribution in [2.75, 3.05) is 11.9 Å². The lowest BCUT2D eigenvalue weighted by atomic mass is 10.1. The molecule has 1 aromatic heterocycles. The Morgan fingerprint density at radius 3 is 2.80 bits per heavy atom. The number of carbonyl (C=O) groups is 1. The van der Waals surface area contributed by atoms with Gasteiger partial charge in [-0.25, -0.2) is 9.18 Å². The average Bonchev–Trinajstić information content (AvgIpc) is 2.46. The third kappa shape index (κ3) is 3.76. The molecule has 0 fully saturated rings. The molecule has 0 saturated heterocycles. The zero-order valence-electron chi connectivity index (χ0n) is 10.6. The Hall–Kier alpha value is -2.47. The second-order valence-corrected chi connectivity index (χ2v) is 4.11. The molecule has 6 heteroatoms. The Bertz CT molecular complexity index is 578. The molecule has 1 atom stereocenters. The van der Waals surface area contributed by atoms with E-state index in [0.717, 1.165) is 0 Å². The van der Waals surface area contributed by atoms with E-state index < -0.39 is 18.0 Å². The Kier molecular flexibility index (Phi) is 4.62. The lowest BCUT2D eigenvalue weighted by Gasteiger charge is -2.13. The number of amides is 2. The van der Waals surface area contributed by atoms with Gasteiger partial charge in [0.05, 0.1) is 18.0 Å². The average molecular weight is 275 g/mol. The second kappa shape index (κ2) is 6.63. The SMILES string of the molecule is O=C(NCC(O)c1ccccc1F)Nc1cccnc1. The quantitative estimate of drug-likeness (QED) is 0.799. The van der Waals surface area contributed by atoms with Gasteiger partial charge in [-0.05, 0) is 18.2 Å². The van der Waals surface area contributed by atoms with Gasteiger partial charge < -0.3 is 15.7 Å². The van der Waals surface area contributed by atoms with E-state index in [9.17, 15) is 14.3 Å². The molecule has 20 heavy (non-hydrogen) atoms. The molecule has 0 spiro atoms. The van der Waals surface area contributed by atoms with Crippen molar-refractivity contribution in [3.05, 3.63) is 60.2 Å². The number of hydrogen-bond acceptors (Lipinski definition) is 3. The molecule has 0 aliphatic rings. The zero-order valence-corrected chi connectivity index (χ0v) is 10.6. The highest BCUT2D eigenvalue weighted by molar-refractivity contribution is 5.88. The normalized spacial score (nSPS) is 11.7. The van der Waals surface area contributed by atoms with Crippen LogP contribution in [0.4, 0.5) is 14.9 Å². The highest BCUT2D eigenvalue weighted by atomic mass is 19.1. The Morgan fingerprint density at radius 2 is 2.10 bits per heavy atom. The van der Waals surface area contributed by atoms with Crippen molar-refractivity contribution in [2.45, 2.75) is 6.10 Å². The van der Waals surface area contributed by atoms with E-state index in [1.165, 1.54) is 24.4 Å². The maximum Gasteiger partial charge on any atom is 0.319 e. The largest absolute Gasteiger partial charge is 0.386 e. The topological polar surface area (TPSA) is 74.2 Å². The first kappa shape index (κ1) is 14.0. The first-order valence-electron chi connectivity index (χ1n) is 6.04. The number of benzene rings is 1. The molecule has 0 bridgehead atoms. The number of nitrogens with one attached hydrogen (secondary N) is 2. The Morgan fingerprint density at radius 1 is 1.30 bits per heavy atom. The molecule has 0 aliphatic heterocycles. The summed E-state index contributed by atoms with van der Waals surface area (Å²) in [5.41, 5.74) is 0.680. The molecular weight excluding hydrogens is 261 g/mol. The van der Waals surface area contributed by atoms with Crippen LogP contribution in [-0.2, 0) is 0 Å². The third-order valence-electron chi connectivity index (χ3n) is 2.64. The number of pyridine rings is 1. The monoisotopic (exact) mass is 275 g/mol. The number of aliphatic hydroxyl groups excluding tert-OH is 1. The van der Waals surface area contributed by atoms with Gasteiger partial charge in [-0.2, -0.15) is 0 Å². The third-order valence-corrected chi connectivity index (χ3v) is 2.64. The van der Waals surface area contributed by atoms with Crippen molar-refractivity contribution in [1.29, 1.82) is 0 Å². The minimum atomic E-state index is -1.10. The smallest absolute Gasteiger partial charge is 0.319 e. The number of aromatic nitrogens is 1. The van der Waals surface area contributed by atoms with Gasteiger partial charge in [0.25, 0.3) is 0 Å². The van der Waals surface area contributed by atoms with Gasteiger partial charge in [-0.15, -0.1) is 0 Å². The summed E-state index contributed by atoms with van der Waals surface area (Å²) >= 11 is 0. The van der Waals surface area contributed by atoms with E-state index in [0.29, 0.717) is 5.69 Å². The molecule has 2 amide bonds. The Labute approximate surface area is 115 Å². The highest BCUT2D eigenvalue weighted by Gasteiger charge is 2.13. The molecular formula is C14H14FN3O2. The fourth-order valence-electron chi connectivity index (χ4n) is 1.66. The summed E-state index contributed by atoms with van der Waals surface area (Å²) in [5.74, 6) is -0.505. The first-order chi connectivity index (χ1) is 9.66. The van der Waals surface area contributed by atoms with Crippen LogP contribution in [0.3, 0.4) is 0 Å². The molecule has 2 rings (SSSR count). The molecule has 1 unspecified atom stereocenters. The number of urea groups is 1. The number of aliphatic hydroxyl groups is 1. The van der Waals surface area contributed by atoms with Gasteiger partial charge in [-0.3, -0.25) is 4.98 Å². The number of halogens is 1. The van der Waals surface area contributed by atoms with Crippen LogP contribution in [0.1, 0.15) is 11.7 Å². The van der Waals surface area contributed by atoms with Crippen molar-refractivity contribution in [2.24, 2.45) is 0 Å². The van der Waals surface area contributed by atoms with E-state index in [1.807, 2.05) is 0 Å². The zero-order chi connectivity index (χ0) is 14.4. The molecule has 3 N–H and O–H groups in total. The number of carbonyl (C=O) groups excluding carboxylic acids is 1. The van der Waals surface area contributed by atoms with Gasteiger partial charge in [-0.1, -0.05) is 18.2 Å². The molecule has 5 nitrogen and oxygen atoms in total. The number of nitrogens with zero attached hydrogens (tertiary/aromatic N) is 1. The van der Waals surface area contributed by atoms with Gasteiger partial charge in [0.15, 0.2) is 0 Å². The number of anilines is 1. The predicted octanol–water partition coefficient (Wildman–Crippen LogP) is 2.08. The van der Waals surface area contributed by atoms with Gasteiger partial charge >= 0.3 is 6.03 Å². The summed E-state index contributed by atoms with van der Waals surface area (Å²) in [6, 6.07) is 8.76. The van der Waals surface area contributed by atoms with Gasteiger partial charge in [0.2, 0.25) is 0 Å². The van der Waals surface area contributed by atoms with Crippen molar-refractivity contribution >= 4 is 11.7 Å². The van der Waals surface area contributed by atoms with Crippen LogP contribution in [0.2, 0.25) is 0 Å². The van der Waals surface area contributed by atoms with Crippen LogP contribution in [0.15, 0.2) is 48.8 Å². The molecule has 1 heterocycles. The van der Waals surface area contributed by atoms with Crippen LogP contribution in [0.5, 0.6) is 0 Å². The lowest BCUT2D eigenvalue weighted by Crippen LogP contribution is -2.32. The summed E-state index contributed by atoms with van der Waals surface area (Å²) in [5, 5.41) is 14.8. The van der Waals surface area contributed by atoms with E-state index in [2.05, 4.69) is 15.6 Å². The van der Waals surface area contributed by atoms with Crippen LogP contribution >= 0.6 is 0 Å².